The van der Waals surface area contributed by atoms with Gasteiger partial charge in [-0.2, -0.15) is 0 Å². The van der Waals surface area contributed by atoms with Crippen molar-refractivity contribution < 1.29 is 4.79 Å². The first-order valence-corrected chi connectivity index (χ1v) is 5.88. The van der Waals surface area contributed by atoms with Gasteiger partial charge in [-0.05, 0) is 17.5 Å². The number of aryl methyl sites for hydroxylation is 1. The molecule has 86 valence electrons. The predicted octanol–water partition coefficient (Wildman–Crippen LogP) is 1.40. The van der Waals surface area contributed by atoms with Crippen molar-refractivity contribution in [2.45, 2.75) is 25.8 Å². The third kappa shape index (κ3) is 2.61. The topological polar surface area (TPSA) is 41.1 Å². The van der Waals surface area contributed by atoms with Crippen LogP contribution < -0.4 is 10.6 Å². The molecule has 0 saturated carbocycles. The molecule has 0 spiro atoms. The molecule has 1 amide bonds. The first kappa shape index (κ1) is 11.1. The molecule has 1 unspecified atom stereocenters. The summed E-state index contributed by atoms with van der Waals surface area (Å²) in [6.45, 7) is 3.73. The molecule has 1 heterocycles. The number of hydrogen-bond acceptors (Lipinski definition) is 2. The molecule has 1 atom stereocenters. The Morgan fingerprint density at radius 3 is 2.75 bits per heavy atom. The second-order valence-corrected chi connectivity index (χ2v) is 4.17. The molecular formula is C13H18N2O. The first-order chi connectivity index (χ1) is 7.79. The van der Waals surface area contributed by atoms with Crippen LogP contribution in [0.25, 0.3) is 0 Å². The van der Waals surface area contributed by atoms with Gasteiger partial charge in [-0.3, -0.25) is 4.79 Å². The lowest BCUT2D eigenvalue weighted by Crippen LogP contribution is -2.30. The van der Waals surface area contributed by atoms with Crippen molar-refractivity contribution in [1.29, 1.82) is 0 Å². The average molecular weight is 218 g/mol. The zero-order valence-electron chi connectivity index (χ0n) is 9.62. The summed E-state index contributed by atoms with van der Waals surface area (Å²) < 4.78 is 0. The fraction of sp³-hybridized carbons (Fsp3) is 0.462. The molecule has 0 bridgehead atoms. The van der Waals surface area contributed by atoms with Crippen LogP contribution >= 0.6 is 0 Å². The maximum absolute atomic E-state index is 11.4. The molecule has 0 radical (unpaired) electrons. The number of rotatable bonds is 2. The highest BCUT2D eigenvalue weighted by Gasteiger charge is 2.17. The van der Waals surface area contributed by atoms with E-state index in [-0.39, 0.29) is 11.9 Å². The largest absolute Gasteiger partial charge is 0.348 e. The molecule has 1 aromatic rings. The number of carbonyl (C=O) groups is 1. The Hall–Kier alpha value is -1.35. The standard InChI is InChI=1S/C13H18N2O/c1-2-10-3-5-11(6-4-10)12-9-14-8-7-13(16)15-12/h3-6,12,14H,2,7-9H2,1H3,(H,15,16). The zero-order chi connectivity index (χ0) is 11.4. The minimum atomic E-state index is 0.112. The average Bonchev–Trinajstić information content (AvgIpc) is 2.54. The van der Waals surface area contributed by atoms with E-state index in [1.165, 1.54) is 11.1 Å². The molecule has 1 aliphatic heterocycles. The monoisotopic (exact) mass is 218 g/mol. The normalized spacial score (nSPS) is 21.3. The van der Waals surface area contributed by atoms with E-state index in [0.29, 0.717) is 6.42 Å². The van der Waals surface area contributed by atoms with Crippen LogP contribution in [0.1, 0.15) is 30.5 Å². The molecule has 16 heavy (non-hydrogen) atoms. The third-order valence-corrected chi connectivity index (χ3v) is 3.00. The fourth-order valence-electron chi connectivity index (χ4n) is 1.95. The van der Waals surface area contributed by atoms with Gasteiger partial charge in [0.2, 0.25) is 5.91 Å². The van der Waals surface area contributed by atoms with Crippen molar-refractivity contribution in [3.8, 4) is 0 Å². The second kappa shape index (κ2) is 5.12. The minimum Gasteiger partial charge on any atom is -0.348 e. The smallest absolute Gasteiger partial charge is 0.221 e. The maximum Gasteiger partial charge on any atom is 0.221 e. The van der Waals surface area contributed by atoms with E-state index >= 15 is 0 Å². The van der Waals surface area contributed by atoms with Gasteiger partial charge in [0.25, 0.3) is 0 Å². The van der Waals surface area contributed by atoms with Gasteiger partial charge in [-0.25, -0.2) is 0 Å². The van der Waals surface area contributed by atoms with Crippen LogP contribution in [0.4, 0.5) is 0 Å². The fourth-order valence-corrected chi connectivity index (χ4v) is 1.95. The van der Waals surface area contributed by atoms with Gasteiger partial charge in [0, 0.05) is 19.5 Å². The molecule has 0 aromatic heterocycles. The van der Waals surface area contributed by atoms with Crippen LogP contribution in [-0.4, -0.2) is 19.0 Å². The van der Waals surface area contributed by atoms with E-state index in [0.717, 1.165) is 19.5 Å². The first-order valence-electron chi connectivity index (χ1n) is 5.88. The van der Waals surface area contributed by atoms with Crippen LogP contribution in [0.2, 0.25) is 0 Å². The summed E-state index contributed by atoms with van der Waals surface area (Å²) in [6, 6.07) is 8.59. The lowest BCUT2D eigenvalue weighted by molar-refractivity contribution is -0.121. The summed E-state index contributed by atoms with van der Waals surface area (Å²) in [5, 5.41) is 6.30. The lowest BCUT2D eigenvalue weighted by atomic mass is 10.0. The van der Waals surface area contributed by atoms with Crippen molar-refractivity contribution in [2.75, 3.05) is 13.1 Å². The number of carbonyl (C=O) groups excluding carboxylic acids is 1. The quantitative estimate of drug-likeness (QED) is 0.788. The van der Waals surface area contributed by atoms with Gasteiger partial charge >= 0.3 is 0 Å². The van der Waals surface area contributed by atoms with Crippen molar-refractivity contribution in [3.05, 3.63) is 35.4 Å². The molecule has 1 fully saturated rings. The third-order valence-electron chi connectivity index (χ3n) is 3.00. The molecule has 1 aliphatic rings. The van der Waals surface area contributed by atoms with E-state index in [2.05, 4.69) is 41.8 Å². The number of amides is 1. The Kier molecular flexibility index (Phi) is 3.57. The van der Waals surface area contributed by atoms with Gasteiger partial charge < -0.3 is 10.6 Å². The van der Waals surface area contributed by atoms with E-state index in [4.69, 9.17) is 0 Å². The van der Waals surface area contributed by atoms with Gasteiger partial charge in [0.15, 0.2) is 0 Å². The van der Waals surface area contributed by atoms with Crippen molar-refractivity contribution in [1.82, 2.24) is 10.6 Å². The SMILES string of the molecule is CCc1ccc(C2CNCCC(=O)N2)cc1. The molecule has 1 saturated heterocycles. The molecule has 3 heteroatoms. The molecule has 2 N–H and O–H groups in total. The summed E-state index contributed by atoms with van der Waals surface area (Å²) in [7, 11) is 0. The Labute approximate surface area is 96.2 Å². The summed E-state index contributed by atoms with van der Waals surface area (Å²) in [5.41, 5.74) is 2.51. The number of hydrogen-bond donors (Lipinski definition) is 2. The highest BCUT2D eigenvalue weighted by Crippen LogP contribution is 2.15. The van der Waals surface area contributed by atoms with Crippen LogP contribution in [0.3, 0.4) is 0 Å². The summed E-state index contributed by atoms with van der Waals surface area (Å²) in [6.07, 6.45) is 1.62. The highest BCUT2D eigenvalue weighted by atomic mass is 16.1. The number of nitrogens with one attached hydrogen (secondary N) is 2. The van der Waals surface area contributed by atoms with E-state index in [1.807, 2.05) is 0 Å². The minimum absolute atomic E-state index is 0.112. The summed E-state index contributed by atoms with van der Waals surface area (Å²) in [5.74, 6) is 0.134. The Morgan fingerprint density at radius 2 is 2.06 bits per heavy atom. The molecular weight excluding hydrogens is 200 g/mol. The van der Waals surface area contributed by atoms with Crippen LogP contribution in [0.5, 0.6) is 0 Å². The molecule has 2 rings (SSSR count). The Bertz CT molecular complexity index is 359. The lowest BCUT2D eigenvalue weighted by Gasteiger charge is -2.16. The maximum atomic E-state index is 11.4. The Morgan fingerprint density at radius 1 is 1.31 bits per heavy atom. The molecule has 1 aromatic carbocycles. The van der Waals surface area contributed by atoms with Crippen molar-refractivity contribution in [2.24, 2.45) is 0 Å². The Balaban J connectivity index is 2.12. The highest BCUT2D eigenvalue weighted by molar-refractivity contribution is 5.77. The van der Waals surface area contributed by atoms with Crippen LogP contribution in [0.15, 0.2) is 24.3 Å². The second-order valence-electron chi connectivity index (χ2n) is 4.17. The zero-order valence-corrected chi connectivity index (χ0v) is 9.62. The molecule has 0 aliphatic carbocycles. The van der Waals surface area contributed by atoms with Crippen molar-refractivity contribution in [3.63, 3.8) is 0 Å². The van der Waals surface area contributed by atoms with Gasteiger partial charge in [-0.15, -0.1) is 0 Å². The van der Waals surface area contributed by atoms with Crippen molar-refractivity contribution >= 4 is 5.91 Å². The van der Waals surface area contributed by atoms with Crippen LogP contribution in [0, 0.1) is 0 Å². The van der Waals surface area contributed by atoms with Gasteiger partial charge in [0.05, 0.1) is 6.04 Å². The van der Waals surface area contributed by atoms with Gasteiger partial charge in [0.1, 0.15) is 0 Å². The summed E-state index contributed by atoms with van der Waals surface area (Å²) in [4.78, 5) is 11.4. The van der Waals surface area contributed by atoms with Crippen LogP contribution in [-0.2, 0) is 11.2 Å². The van der Waals surface area contributed by atoms with E-state index in [1.54, 1.807) is 0 Å². The van der Waals surface area contributed by atoms with E-state index in [9.17, 15) is 4.79 Å². The van der Waals surface area contributed by atoms with E-state index < -0.39 is 0 Å². The number of benzene rings is 1. The predicted molar refractivity (Wildman–Crippen MR) is 64.2 cm³/mol. The van der Waals surface area contributed by atoms with Gasteiger partial charge in [-0.1, -0.05) is 31.2 Å². The molecule has 3 nitrogen and oxygen atoms in total. The summed E-state index contributed by atoms with van der Waals surface area (Å²) >= 11 is 0.